The van der Waals surface area contributed by atoms with E-state index in [1.807, 2.05) is 0 Å². The van der Waals surface area contributed by atoms with Crippen LogP contribution < -0.4 is 0 Å². The van der Waals surface area contributed by atoms with Gasteiger partial charge in [0, 0.05) is 0 Å². The zero-order valence-electron chi connectivity index (χ0n) is 17.2. The van der Waals surface area contributed by atoms with Crippen LogP contribution in [0.1, 0.15) is 143 Å². The number of hydrogen-bond donors (Lipinski definition) is 0. The van der Waals surface area contributed by atoms with Crippen molar-refractivity contribution >= 4 is 0 Å². The Morgan fingerprint density at radius 2 is 0.652 bits per heavy atom. The van der Waals surface area contributed by atoms with Crippen molar-refractivity contribution in [3.63, 3.8) is 0 Å². The van der Waals surface area contributed by atoms with Crippen molar-refractivity contribution < 1.29 is 0 Å². The van der Waals surface area contributed by atoms with Gasteiger partial charge in [-0.3, -0.25) is 0 Å². The first-order valence-corrected chi connectivity index (χ1v) is 11.1. The molecule has 0 saturated carbocycles. The predicted octanol–water partition coefficient (Wildman–Crippen LogP) is 9.07. The van der Waals surface area contributed by atoms with Crippen LogP contribution in [0.4, 0.5) is 0 Å². The summed E-state index contributed by atoms with van der Waals surface area (Å²) < 4.78 is 0. The minimum Gasteiger partial charge on any atom is -0.0654 e. The van der Waals surface area contributed by atoms with Crippen LogP contribution in [-0.4, -0.2) is 0 Å². The van der Waals surface area contributed by atoms with E-state index in [4.69, 9.17) is 0 Å². The normalized spacial score (nSPS) is 12.0. The molecular formula is C23H48. The van der Waals surface area contributed by atoms with Crippen molar-refractivity contribution in [3.8, 4) is 0 Å². The van der Waals surface area contributed by atoms with Crippen LogP contribution in [0, 0.1) is 5.41 Å². The lowest BCUT2D eigenvalue weighted by molar-refractivity contribution is 0.282. The summed E-state index contributed by atoms with van der Waals surface area (Å²) in [6.45, 7) is 9.59. The van der Waals surface area contributed by atoms with Crippen molar-refractivity contribution in [1.82, 2.24) is 0 Å². The van der Waals surface area contributed by atoms with Gasteiger partial charge in [0.05, 0.1) is 0 Å². The first-order valence-electron chi connectivity index (χ1n) is 11.1. The lowest BCUT2D eigenvalue weighted by Crippen LogP contribution is -2.11. The van der Waals surface area contributed by atoms with Crippen molar-refractivity contribution in [2.45, 2.75) is 143 Å². The fraction of sp³-hybridized carbons (Fsp3) is 1.00. The van der Waals surface area contributed by atoms with E-state index in [0.717, 1.165) is 0 Å². The first kappa shape index (κ1) is 23.0. The third-order valence-corrected chi connectivity index (χ3v) is 5.41. The van der Waals surface area contributed by atoms with Gasteiger partial charge >= 0.3 is 0 Å². The molecule has 0 bridgehead atoms. The summed E-state index contributed by atoms with van der Waals surface area (Å²) in [6.07, 6.45) is 26.1. The summed E-state index contributed by atoms with van der Waals surface area (Å²) in [5, 5.41) is 0. The second-order valence-corrected chi connectivity index (χ2v) is 8.61. The molecule has 0 atom stereocenters. The smallest absolute Gasteiger partial charge is 0.0354 e. The monoisotopic (exact) mass is 324 g/mol. The third kappa shape index (κ3) is 18.2. The molecule has 0 spiro atoms. The van der Waals surface area contributed by atoms with Crippen LogP contribution >= 0.6 is 0 Å². The molecule has 0 aliphatic rings. The van der Waals surface area contributed by atoms with Gasteiger partial charge in [-0.15, -0.1) is 0 Å². The van der Waals surface area contributed by atoms with Crippen LogP contribution in [0.25, 0.3) is 0 Å². The zero-order chi connectivity index (χ0) is 17.2. The highest BCUT2D eigenvalue weighted by atomic mass is 14.2. The zero-order valence-corrected chi connectivity index (χ0v) is 17.2. The lowest BCUT2D eigenvalue weighted by Gasteiger charge is -2.24. The van der Waals surface area contributed by atoms with E-state index in [-0.39, 0.29) is 0 Å². The molecule has 0 amide bonds. The molecule has 140 valence electrons. The largest absolute Gasteiger partial charge is 0.0654 e. The van der Waals surface area contributed by atoms with Crippen molar-refractivity contribution in [2.75, 3.05) is 0 Å². The Kier molecular flexibility index (Phi) is 16.8. The lowest BCUT2D eigenvalue weighted by atomic mass is 9.82. The van der Waals surface area contributed by atoms with E-state index in [0.29, 0.717) is 5.41 Å². The molecule has 0 N–H and O–H groups in total. The van der Waals surface area contributed by atoms with E-state index in [1.54, 1.807) is 0 Å². The van der Waals surface area contributed by atoms with Gasteiger partial charge in [-0.25, -0.2) is 0 Å². The summed E-state index contributed by atoms with van der Waals surface area (Å²) in [7, 11) is 0. The summed E-state index contributed by atoms with van der Waals surface area (Å²) in [5.74, 6) is 0. The molecule has 0 heterocycles. The molecule has 0 heteroatoms. The van der Waals surface area contributed by atoms with E-state index in [2.05, 4.69) is 27.7 Å². The fourth-order valence-corrected chi connectivity index (χ4v) is 3.60. The minimum atomic E-state index is 0.588. The predicted molar refractivity (Wildman–Crippen MR) is 108 cm³/mol. The maximum atomic E-state index is 2.50. The molecule has 0 saturated heterocycles. The molecular weight excluding hydrogens is 276 g/mol. The molecule has 0 nitrogen and oxygen atoms in total. The minimum absolute atomic E-state index is 0.588. The Bertz CT molecular complexity index is 194. The van der Waals surface area contributed by atoms with Gasteiger partial charge in [0.15, 0.2) is 0 Å². The van der Waals surface area contributed by atoms with Crippen LogP contribution in [0.3, 0.4) is 0 Å². The molecule has 0 aromatic carbocycles. The van der Waals surface area contributed by atoms with Crippen molar-refractivity contribution in [2.24, 2.45) is 5.41 Å². The SMILES string of the molecule is CCCCCCCCCCC(C)(C)CCCCCCCCCC. The van der Waals surface area contributed by atoms with Gasteiger partial charge in [0.25, 0.3) is 0 Å². The summed E-state index contributed by atoms with van der Waals surface area (Å²) >= 11 is 0. The number of hydrogen-bond acceptors (Lipinski definition) is 0. The van der Waals surface area contributed by atoms with Gasteiger partial charge in [-0.05, 0) is 18.3 Å². The van der Waals surface area contributed by atoms with Crippen molar-refractivity contribution in [3.05, 3.63) is 0 Å². The summed E-state index contributed by atoms with van der Waals surface area (Å²) in [5.41, 5.74) is 0.588. The van der Waals surface area contributed by atoms with Crippen LogP contribution in [0.15, 0.2) is 0 Å². The Morgan fingerprint density at radius 1 is 0.391 bits per heavy atom. The maximum absolute atomic E-state index is 2.50. The molecule has 0 radical (unpaired) electrons. The molecule has 23 heavy (non-hydrogen) atoms. The molecule has 0 unspecified atom stereocenters. The van der Waals surface area contributed by atoms with Gasteiger partial charge < -0.3 is 0 Å². The van der Waals surface area contributed by atoms with E-state index in [1.165, 1.54) is 116 Å². The topological polar surface area (TPSA) is 0 Å². The van der Waals surface area contributed by atoms with Crippen molar-refractivity contribution in [1.29, 1.82) is 0 Å². The number of rotatable bonds is 18. The van der Waals surface area contributed by atoms with E-state index in [9.17, 15) is 0 Å². The van der Waals surface area contributed by atoms with Gasteiger partial charge in [-0.2, -0.15) is 0 Å². The van der Waals surface area contributed by atoms with Gasteiger partial charge in [0.1, 0.15) is 0 Å². The van der Waals surface area contributed by atoms with E-state index < -0.39 is 0 Å². The standard InChI is InChI=1S/C23H48/c1-5-7-9-11-13-15-17-19-21-23(3,4)22-20-18-16-14-12-10-8-6-2/h5-22H2,1-4H3. The molecule has 0 rings (SSSR count). The average molecular weight is 325 g/mol. The number of unbranched alkanes of at least 4 members (excludes halogenated alkanes) is 14. The molecule has 0 aliphatic carbocycles. The quantitative estimate of drug-likeness (QED) is 0.220. The first-order chi connectivity index (χ1) is 11.1. The summed E-state index contributed by atoms with van der Waals surface area (Å²) in [4.78, 5) is 0. The third-order valence-electron chi connectivity index (χ3n) is 5.41. The highest BCUT2D eigenvalue weighted by Gasteiger charge is 2.16. The van der Waals surface area contributed by atoms with Gasteiger partial charge in [0.2, 0.25) is 0 Å². The summed E-state index contributed by atoms with van der Waals surface area (Å²) in [6, 6.07) is 0. The second-order valence-electron chi connectivity index (χ2n) is 8.61. The van der Waals surface area contributed by atoms with E-state index >= 15 is 0 Å². The maximum Gasteiger partial charge on any atom is -0.0354 e. The molecule has 0 aliphatic heterocycles. The molecule has 0 fully saturated rings. The van der Waals surface area contributed by atoms with Crippen LogP contribution in [0.2, 0.25) is 0 Å². The molecule has 0 aromatic rings. The Balaban J connectivity index is 3.33. The van der Waals surface area contributed by atoms with Crippen LogP contribution in [0.5, 0.6) is 0 Å². The second kappa shape index (κ2) is 16.8. The van der Waals surface area contributed by atoms with Crippen LogP contribution in [-0.2, 0) is 0 Å². The van der Waals surface area contributed by atoms with Gasteiger partial charge in [-0.1, -0.05) is 130 Å². The average Bonchev–Trinajstić information content (AvgIpc) is 2.52. The Morgan fingerprint density at radius 3 is 0.957 bits per heavy atom. The highest BCUT2D eigenvalue weighted by Crippen LogP contribution is 2.30. The fourth-order valence-electron chi connectivity index (χ4n) is 3.60. The highest BCUT2D eigenvalue weighted by molar-refractivity contribution is 4.68. The Labute approximate surface area is 149 Å². The molecule has 0 aromatic heterocycles. The Hall–Kier alpha value is 0.